The van der Waals surface area contributed by atoms with Crippen molar-refractivity contribution in [1.82, 2.24) is 4.98 Å². The van der Waals surface area contributed by atoms with Crippen molar-refractivity contribution in [3.63, 3.8) is 0 Å². The second kappa shape index (κ2) is 11.9. The Morgan fingerprint density at radius 1 is 0.978 bits per heavy atom. The van der Waals surface area contributed by atoms with E-state index in [1.54, 1.807) is 49.6 Å². The highest BCUT2D eigenvalue weighted by Crippen LogP contribution is 2.46. The summed E-state index contributed by atoms with van der Waals surface area (Å²) in [7, 11) is 3.11. The molecule has 1 fully saturated rings. The van der Waals surface area contributed by atoms with Crippen molar-refractivity contribution in [3.05, 3.63) is 113 Å². The molecule has 0 saturated carbocycles. The molecule has 232 valence electrons. The standard InChI is InChI=1S/C36H30N2O7S/c1-20-15-24-16-23(10-13-27(24)45-20)33(39)31-32(22-9-14-28(29(17-22)43-3)44-19-21-7-5-4-6-8-21)38(35(41)34(31)40)36-37-26-12-11-25(42-2)18-30(26)46-36/h4-14,16-18,20,32,39H,15,19H2,1-3H3/t20-,32+/m1/s1. The van der Waals surface area contributed by atoms with Gasteiger partial charge in [-0.05, 0) is 72.1 Å². The number of carbonyl (C=O) groups is 2. The van der Waals surface area contributed by atoms with Crippen LogP contribution in [0.15, 0.2) is 90.5 Å². The predicted octanol–water partition coefficient (Wildman–Crippen LogP) is 6.84. The maximum atomic E-state index is 13.8. The van der Waals surface area contributed by atoms with Gasteiger partial charge in [-0.15, -0.1) is 0 Å². The van der Waals surface area contributed by atoms with Crippen molar-refractivity contribution in [2.45, 2.75) is 32.1 Å². The van der Waals surface area contributed by atoms with Crippen LogP contribution >= 0.6 is 11.3 Å². The van der Waals surface area contributed by atoms with E-state index in [1.165, 1.54) is 23.3 Å². The van der Waals surface area contributed by atoms with Crippen molar-refractivity contribution in [3.8, 4) is 23.0 Å². The number of ketones is 1. The Bertz CT molecular complexity index is 2020. The van der Waals surface area contributed by atoms with Gasteiger partial charge in [0.1, 0.15) is 30.0 Å². The fourth-order valence-corrected chi connectivity index (χ4v) is 6.92. The summed E-state index contributed by atoms with van der Waals surface area (Å²) in [4.78, 5) is 33.7. The summed E-state index contributed by atoms with van der Waals surface area (Å²) in [6.07, 6.45) is 0.677. The molecule has 4 aromatic carbocycles. The number of rotatable bonds is 8. The van der Waals surface area contributed by atoms with Gasteiger partial charge >= 0.3 is 5.91 Å². The predicted molar refractivity (Wildman–Crippen MR) is 175 cm³/mol. The monoisotopic (exact) mass is 634 g/mol. The molecular formula is C36H30N2O7S. The first-order valence-corrected chi connectivity index (χ1v) is 15.6. The molecule has 9 nitrogen and oxygen atoms in total. The fraction of sp³-hybridized carbons (Fsp3) is 0.194. The third kappa shape index (κ3) is 5.20. The molecule has 2 aliphatic heterocycles. The summed E-state index contributed by atoms with van der Waals surface area (Å²) in [5.74, 6) is 0.406. The molecule has 46 heavy (non-hydrogen) atoms. The minimum Gasteiger partial charge on any atom is -0.507 e. The lowest BCUT2D eigenvalue weighted by atomic mass is 9.94. The first kappa shape index (κ1) is 29.4. The Hall–Kier alpha value is -5.35. The number of benzene rings is 4. The zero-order chi connectivity index (χ0) is 31.9. The van der Waals surface area contributed by atoms with Gasteiger partial charge in [0.25, 0.3) is 5.78 Å². The molecule has 2 atom stereocenters. The van der Waals surface area contributed by atoms with Crippen molar-refractivity contribution in [2.24, 2.45) is 0 Å². The summed E-state index contributed by atoms with van der Waals surface area (Å²) >= 11 is 1.26. The van der Waals surface area contributed by atoms with E-state index < -0.39 is 17.7 Å². The largest absolute Gasteiger partial charge is 0.507 e. The van der Waals surface area contributed by atoms with Crippen LogP contribution in [0.2, 0.25) is 0 Å². The molecule has 0 spiro atoms. The van der Waals surface area contributed by atoms with Crippen LogP contribution in [0.3, 0.4) is 0 Å². The maximum absolute atomic E-state index is 13.8. The van der Waals surface area contributed by atoms with Gasteiger partial charge in [0.15, 0.2) is 16.6 Å². The van der Waals surface area contributed by atoms with Gasteiger partial charge in [0.2, 0.25) is 0 Å². The third-order valence-corrected chi connectivity index (χ3v) is 9.16. The highest BCUT2D eigenvalue weighted by atomic mass is 32.1. The lowest BCUT2D eigenvalue weighted by molar-refractivity contribution is -0.132. The highest BCUT2D eigenvalue weighted by Gasteiger charge is 2.48. The van der Waals surface area contributed by atoms with Gasteiger partial charge in [-0.2, -0.15) is 0 Å². The summed E-state index contributed by atoms with van der Waals surface area (Å²) in [5, 5.41) is 12.1. The van der Waals surface area contributed by atoms with E-state index in [1.807, 2.05) is 49.4 Å². The van der Waals surface area contributed by atoms with E-state index in [0.717, 1.165) is 21.6 Å². The maximum Gasteiger partial charge on any atom is 0.301 e. The van der Waals surface area contributed by atoms with E-state index >= 15 is 0 Å². The number of amides is 1. The van der Waals surface area contributed by atoms with E-state index in [4.69, 9.17) is 23.9 Å². The van der Waals surface area contributed by atoms with Crippen LogP contribution in [0.25, 0.3) is 16.0 Å². The number of Topliss-reactive ketones (excluding diaryl/α,β-unsaturated/α-hetero) is 1. The summed E-state index contributed by atoms with van der Waals surface area (Å²) < 4.78 is 23.8. The molecule has 5 aromatic rings. The highest BCUT2D eigenvalue weighted by molar-refractivity contribution is 7.22. The van der Waals surface area contributed by atoms with Crippen LogP contribution in [0.1, 0.15) is 35.2 Å². The number of thiazole rings is 1. The van der Waals surface area contributed by atoms with Crippen LogP contribution in [-0.2, 0) is 22.6 Å². The second-order valence-electron chi connectivity index (χ2n) is 11.1. The van der Waals surface area contributed by atoms with Crippen LogP contribution in [-0.4, -0.2) is 42.1 Å². The van der Waals surface area contributed by atoms with Crippen molar-refractivity contribution >= 4 is 44.1 Å². The van der Waals surface area contributed by atoms with Crippen LogP contribution in [0, 0.1) is 0 Å². The van der Waals surface area contributed by atoms with Gasteiger partial charge in [-0.25, -0.2) is 4.98 Å². The number of anilines is 1. The zero-order valence-corrected chi connectivity index (χ0v) is 26.2. The average Bonchev–Trinajstić information content (AvgIpc) is 3.75. The summed E-state index contributed by atoms with van der Waals surface area (Å²) in [5.41, 5.74) is 3.47. The Morgan fingerprint density at radius 2 is 1.80 bits per heavy atom. The Morgan fingerprint density at radius 3 is 2.59 bits per heavy atom. The molecule has 1 N–H and O–H groups in total. The summed E-state index contributed by atoms with van der Waals surface area (Å²) in [6.45, 7) is 2.30. The molecule has 7 rings (SSSR count). The van der Waals surface area contributed by atoms with Gasteiger partial charge in [-0.1, -0.05) is 47.7 Å². The Kier molecular flexibility index (Phi) is 7.58. The van der Waals surface area contributed by atoms with Crippen LogP contribution in [0.5, 0.6) is 23.0 Å². The number of methoxy groups -OCH3 is 2. The number of fused-ring (bicyclic) bond motifs is 2. The van der Waals surface area contributed by atoms with Gasteiger partial charge in [0, 0.05) is 12.0 Å². The van der Waals surface area contributed by atoms with Crippen LogP contribution in [0.4, 0.5) is 5.13 Å². The topological polar surface area (TPSA) is 107 Å². The molecule has 1 aromatic heterocycles. The van der Waals surface area contributed by atoms with Gasteiger partial charge < -0.3 is 24.1 Å². The normalized spacial score (nSPS) is 18.5. The molecule has 1 saturated heterocycles. The Labute approximate surface area is 269 Å². The van der Waals surface area contributed by atoms with E-state index in [9.17, 15) is 14.7 Å². The molecule has 2 aliphatic rings. The third-order valence-electron chi connectivity index (χ3n) is 8.14. The molecule has 0 radical (unpaired) electrons. The van der Waals surface area contributed by atoms with Gasteiger partial charge in [-0.3, -0.25) is 14.5 Å². The number of aliphatic hydroxyl groups is 1. The van der Waals surface area contributed by atoms with E-state index in [2.05, 4.69) is 0 Å². The number of carbonyl (C=O) groups excluding carboxylic acids is 2. The SMILES string of the molecule is COc1ccc2nc(N3C(=O)C(=O)C(=C(O)c4ccc5c(c4)C[C@@H](C)O5)[C@@H]3c3ccc(OCc4ccccc4)c(OC)c3)sc2c1. The molecular weight excluding hydrogens is 604 g/mol. The number of hydrogen-bond donors (Lipinski definition) is 1. The second-order valence-corrected chi connectivity index (χ2v) is 12.1. The number of aromatic nitrogens is 1. The average molecular weight is 635 g/mol. The molecule has 10 heteroatoms. The number of aliphatic hydroxyl groups excluding tert-OH is 1. The van der Waals surface area contributed by atoms with Crippen molar-refractivity contribution < 1.29 is 33.6 Å². The van der Waals surface area contributed by atoms with E-state index in [0.29, 0.717) is 52.1 Å². The molecule has 3 heterocycles. The number of hydrogen-bond acceptors (Lipinski definition) is 9. The molecule has 0 aliphatic carbocycles. The fourth-order valence-electron chi connectivity index (χ4n) is 5.90. The number of ether oxygens (including phenoxy) is 4. The van der Waals surface area contributed by atoms with Crippen molar-refractivity contribution in [2.75, 3.05) is 19.1 Å². The molecule has 0 bridgehead atoms. The molecule has 0 unspecified atom stereocenters. The Balaban J connectivity index is 1.35. The lowest BCUT2D eigenvalue weighted by Crippen LogP contribution is -2.29. The van der Waals surface area contributed by atoms with Crippen molar-refractivity contribution in [1.29, 1.82) is 0 Å². The number of nitrogens with zero attached hydrogens (tertiary/aromatic N) is 2. The van der Waals surface area contributed by atoms with Gasteiger partial charge in [0.05, 0.1) is 36.1 Å². The first-order valence-electron chi connectivity index (χ1n) is 14.7. The zero-order valence-electron chi connectivity index (χ0n) is 25.4. The minimum atomic E-state index is -0.997. The first-order chi connectivity index (χ1) is 22.3. The van der Waals surface area contributed by atoms with Crippen LogP contribution < -0.4 is 23.8 Å². The molecule has 1 amide bonds. The smallest absolute Gasteiger partial charge is 0.301 e. The minimum absolute atomic E-state index is 0.00530. The quantitative estimate of drug-likeness (QED) is 0.112. The van der Waals surface area contributed by atoms with E-state index in [-0.39, 0.29) is 17.4 Å². The summed E-state index contributed by atoms with van der Waals surface area (Å²) in [6, 6.07) is 24.7. The lowest BCUT2D eigenvalue weighted by Gasteiger charge is -2.24.